The summed E-state index contributed by atoms with van der Waals surface area (Å²) in [6, 6.07) is 15.6. The summed E-state index contributed by atoms with van der Waals surface area (Å²) in [6.45, 7) is 6.42. The summed E-state index contributed by atoms with van der Waals surface area (Å²) >= 11 is 0. The van der Waals surface area contributed by atoms with Crippen molar-refractivity contribution >= 4 is 0 Å². The number of pyridine rings is 1. The van der Waals surface area contributed by atoms with E-state index in [1.54, 1.807) is 6.07 Å². The van der Waals surface area contributed by atoms with Crippen LogP contribution in [0, 0.1) is 24.1 Å². The molecular weight excluding hydrogens is 323 g/mol. The summed E-state index contributed by atoms with van der Waals surface area (Å²) in [4.78, 5) is 0. The molecule has 0 saturated heterocycles. The van der Waals surface area contributed by atoms with Gasteiger partial charge in [0.1, 0.15) is 18.9 Å². The first-order valence-electron chi connectivity index (χ1n) is 8.70. The van der Waals surface area contributed by atoms with Crippen LogP contribution in [-0.4, -0.2) is 0 Å². The highest BCUT2D eigenvalue weighted by molar-refractivity contribution is 5.88. The molecule has 3 heteroatoms. The number of hydrogen-bond donors (Lipinski definition) is 0. The van der Waals surface area contributed by atoms with Gasteiger partial charge in [-0.25, -0.2) is 8.96 Å². The molecule has 0 radical (unpaired) electrons. The van der Waals surface area contributed by atoms with Gasteiger partial charge < -0.3 is 0 Å². The lowest BCUT2D eigenvalue weighted by molar-refractivity contribution is -0.660. The first kappa shape index (κ1) is 16.5. The smallest absolute Gasteiger partial charge is 0.206 e. The average Bonchev–Trinajstić information content (AvgIpc) is 2.82. The van der Waals surface area contributed by atoms with Gasteiger partial charge in [-0.15, -0.1) is 0 Å². The van der Waals surface area contributed by atoms with Gasteiger partial charge in [-0.05, 0) is 52.9 Å². The van der Waals surface area contributed by atoms with Crippen LogP contribution < -0.4 is 4.57 Å². The normalized spacial score (nSPS) is 13.8. The van der Waals surface area contributed by atoms with Gasteiger partial charge in [-0.1, -0.05) is 26.0 Å². The fourth-order valence-electron chi connectivity index (χ4n) is 4.23. The molecule has 2 nitrogen and oxygen atoms in total. The zero-order valence-electron chi connectivity index (χ0n) is 15.4. The first-order chi connectivity index (χ1) is 12.4. The van der Waals surface area contributed by atoms with Crippen molar-refractivity contribution in [2.45, 2.75) is 26.2 Å². The average molecular weight is 343 g/mol. The molecule has 1 aliphatic rings. The first-order valence-corrected chi connectivity index (χ1v) is 8.70. The Hall–Kier alpha value is -2.99. The van der Waals surface area contributed by atoms with Crippen molar-refractivity contribution in [2.24, 2.45) is 7.05 Å². The molecule has 2 aromatic carbocycles. The Morgan fingerprint density at radius 3 is 2.54 bits per heavy atom. The molecular formula is C23H20FN2+. The van der Waals surface area contributed by atoms with Crippen LogP contribution in [0.15, 0.2) is 48.7 Å². The molecule has 4 rings (SSSR count). The summed E-state index contributed by atoms with van der Waals surface area (Å²) < 4.78 is 16.4. The number of fused-ring (bicyclic) bond motifs is 3. The van der Waals surface area contributed by atoms with Gasteiger partial charge in [0.05, 0.1) is 11.1 Å². The molecule has 0 N–H and O–H groups in total. The molecule has 0 saturated carbocycles. The van der Waals surface area contributed by atoms with Crippen LogP contribution in [0.3, 0.4) is 0 Å². The Kier molecular flexibility index (Phi) is 3.49. The monoisotopic (exact) mass is 343 g/mol. The highest BCUT2D eigenvalue weighted by Gasteiger charge is 2.40. The summed E-state index contributed by atoms with van der Waals surface area (Å²) in [5, 5.41) is 9.26. The van der Waals surface area contributed by atoms with Crippen LogP contribution in [0.2, 0.25) is 0 Å². The molecule has 0 atom stereocenters. The molecule has 0 aliphatic heterocycles. The maximum atomic E-state index is 14.3. The van der Waals surface area contributed by atoms with E-state index in [1.807, 2.05) is 31.4 Å². The molecule has 1 heterocycles. The van der Waals surface area contributed by atoms with Crippen LogP contribution in [0.4, 0.5) is 4.39 Å². The van der Waals surface area contributed by atoms with Crippen LogP contribution in [0.5, 0.6) is 0 Å². The topological polar surface area (TPSA) is 27.7 Å². The van der Waals surface area contributed by atoms with E-state index in [9.17, 15) is 9.65 Å². The number of halogens is 1. The Labute approximate surface area is 153 Å². The highest BCUT2D eigenvalue weighted by atomic mass is 19.1. The minimum atomic E-state index is -0.456. The summed E-state index contributed by atoms with van der Waals surface area (Å²) in [7, 11) is 2.04. The standard InChI is InChI=1S/C23H20FN2/c1-14-8-9-16-17-12-19(24)15(13-25)11-18(17)23(2,3)22(16)21(14)20-7-5-6-10-26(20)4/h5-12H,1-4H3/q+1. The zero-order chi connectivity index (χ0) is 18.6. The lowest BCUT2D eigenvalue weighted by Gasteiger charge is -2.24. The van der Waals surface area contributed by atoms with Crippen LogP contribution >= 0.6 is 0 Å². The Bertz CT molecular complexity index is 1100. The van der Waals surface area contributed by atoms with Gasteiger partial charge in [-0.3, -0.25) is 0 Å². The molecule has 128 valence electrons. The van der Waals surface area contributed by atoms with Crippen LogP contribution in [-0.2, 0) is 12.5 Å². The van der Waals surface area contributed by atoms with E-state index >= 15 is 0 Å². The maximum Gasteiger partial charge on any atom is 0.212 e. The Morgan fingerprint density at radius 2 is 1.85 bits per heavy atom. The van der Waals surface area contributed by atoms with E-state index in [2.05, 4.69) is 43.5 Å². The van der Waals surface area contributed by atoms with Crippen molar-refractivity contribution in [3.05, 3.63) is 76.7 Å². The SMILES string of the molecule is Cc1ccc2c(c1-c1cccc[n+]1C)C(C)(C)c1cc(C#N)c(F)cc1-2. The van der Waals surface area contributed by atoms with E-state index in [-0.39, 0.29) is 11.0 Å². The highest BCUT2D eigenvalue weighted by Crippen LogP contribution is 2.53. The molecule has 1 aliphatic carbocycles. The van der Waals surface area contributed by atoms with E-state index in [0.717, 1.165) is 22.4 Å². The van der Waals surface area contributed by atoms with Crippen molar-refractivity contribution in [3.8, 4) is 28.5 Å². The molecule has 0 spiro atoms. The van der Waals surface area contributed by atoms with Gasteiger partial charge >= 0.3 is 0 Å². The minimum Gasteiger partial charge on any atom is -0.206 e. The number of benzene rings is 2. The predicted octanol–water partition coefficient (Wildman–Crippen LogP) is 4.80. The fraction of sp³-hybridized carbons (Fsp3) is 0.217. The number of rotatable bonds is 1. The Balaban J connectivity index is 2.11. The Morgan fingerprint density at radius 1 is 1.08 bits per heavy atom. The maximum absolute atomic E-state index is 14.3. The third-order valence-electron chi connectivity index (χ3n) is 5.54. The molecule has 0 bridgehead atoms. The summed E-state index contributed by atoms with van der Waals surface area (Å²) in [5.74, 6) is -0.456. The second kappa shape index (κ2) is 5.51. The van der Waals surface area contributed by atoms with Crippen LogP contribution in [0.25, 0.3) is 22.4 Å². The second-order valence-electron chi connectivity index (χ2n) is 7.49. The van der Waals surface area contributed by atoms with Gasteiger partial charge in [0.15, 0.2) is 6.20 Å². The van der Waals surface area contributed by atoms with Crippen molar-refractivity contribution in [1.82, 2.24) is 0 Å². The molecule has 0 fully saturated rings. The van der Waals surface area contributed by atoms with Gasteiger partial charge in [0.2, 0.25) is 5.69 Å². The largest absolute Gasteiger partial charge is 0.212 e. The third kappa shape index (κ3) is 2.12. The zero-order valence-corrected chi connectivity index (χ0v) is 15.4. The summed E-state index contributed by atoms with van der Waals surface area (Å²) in [5.41, 5.74) is 7.45. The minimum absolute atomic E-state index is 0.105. The van der Waals surface area contributed by atoms with Crippen molar-refractivity contribution < 1.29 is 8.96 Å². The number of aromatic nitrogens is 1. The number of nitriles is 1. The molecule has 0 amide bonds. The molecule has 0 unspecified atom stereocenters. The van der Waals surface area contributed by atoms with Crippen LogP contribution in [0.1, 0.15) is 36.1 Å². The molecule has 26 heavy (non-hydrogen) atoms. The van der Waals surface area contributed by atoms with Gasteiger partial charge in [0, 0.05) is 17.5 Å². The summed E-state index contributed by atoms with van der Waals surface area (Å²) in [6.07, 6.45) is 2.04. The van der Waals surface area contributed by atoms with E-state index in [4.69, 9.17) is 0 Å². The van der Waals surface area contributed by atoms with E-state index in [0.29, 0.717) is 0 Å². The van der Waals surface area contributed by atoms with Crippen molar-refractivity contribution in [3.63, 3.8) is 0 Å². The van der Waals surface area contributed by atoms with Crippen molar-refractivity contribution in [1.29, 1.82) is 5.26 Å². The number of aryl methyl sites for hydroxylation is 2. The number of hydrogen-bond acceptors (Lipinski definition) is 1. The van der Waals surface area contributed by atoms with E-state index in [1.165, 1.54) is 22.8 Å². The quantitative estimate of drug-likeness (QED) is 0.583. The number of nitrogens with zero attached hydrogens (tertiary/aromatic N) is 2. The van der Waals surface area contributed by atoms with E-state index < -0.39 is 5.82 Å². The second-order valence-corrected chi connectivity index (χ2v) is 7.49. The molecule has 1 aromatic heterocycles. The third-order valence-corrected chi connectivity index (χ3v) is 5.54. The lowest BCUT2D eigenvalue weighted by Crippen LogP contribution is -2.31. The van der Waals surface area contributed by atoms with Gasteiger partial charge in [-0.2, -0.15) is 5.26 Å². The lowest BCUT2D eigenvalue weighted by atomic mass is 9.78. The predicted molar refractivity (Wildman–Crippen MR) is 100 cm³/mol. The molecule has 3 aromatic rings. The van der Waals surface area contributed by atoms with Crippen molar-refractivity contribution in [2.75, 3.05) is 0 Å². The van der Waals surface area contributed by atoms with Gasteiger partial charge in [0.25, 0.3) is 0 Å². The fourth-order valence-corrected chi connectivity index (χ4v) is 4.23.